The van der Waals surface area contributed by atoms with Gasteiger partial charge in [-0.25, -0.2) is 0 Å². The number of aliphatic hydroxyl groups is 1. The fourth-order valence-corrected chi connectivity index (χ4v) is 1.81. The van der Waals surface area contributed by atoms with Gasteiger partial charge < -0.3 is 5.11 Å². The molecule has 2 rings (SSSR count). The number of nitro groups is 1. The summed E-state index contributed by atoms with van der Waals surface area (Å²) in [4.78, 5) is 10.2. The molecule has 1 aromatic carbocycles. The number of aryl methyl sites for hydroxylation is 1. The van der Waals surface area contributed by atoms with Gasteiger partial charge >= 0.3 is 0 Å². The summed E-state index contributed by atoms with van der Waals surface area (Å²) in [6.45, 7) is 0. The van der Waals surface area contributed by atoms with Crippen LogP contribution in [0.1, 0.15) is 24.8 Å². The zero-order valence-electron chi connectivity index (χ0n) is 8.65. The van der Waals surface area contributed by atoms with Crippen molar-refractivity contribution in [1.82, 2.24) is 0 Å². The monoisotopic (exact) mass is 241 g/mol. The quantitative estimate of drug-likeness (QED) is 0.651. The summed E-state index contributed by atoms with van der Waals surface area (Å²) in [5.41, 5.74) is 0.257. The summed E-state index contributed by atoms with van der Waals surface area (Å²) in [6.07, 6.45) is 2.98. The first-order chi connectivity index (χ1) is 7.50. The Balaban J connectivity index is 2.09. The zero-order chi connectivity index (χ0) is 11.8. The summed E-state index contributed by atoms with van der Waals surface area (Å²) in [5, 5.41) is 20.5. The Kier molecular flexibility index (Phi) is 2.86. The number of nitrogens with zero attached hydrogens (tertiary/aromatic N) is 1. The van der Waals surface area contributed by atoms with Crippen molar-refractivity contribution < 1.29 is 10.0 Å². The van der Waals surface area contributed by atoms with Gasteiger partial charge in [0, 0.05) is 6.07 Å². The molecule has 0 bridgehead atoms. The van der Waals surface area contributed by atoms with Crippen molar-refractivity contribution >= 4 is 17.3 Å². The van der Waals surface area contributed by atoms with Crippen LogP contribution in [0.4, 0.5) is 5.69 Å². The fraction of sp³-hybridized carbons (Fsp3) is 0.455. The zero-order valence-corrected chi connectivity index (χ0v) is 9.41. The lowest BCUT2D eigenvalue weighted by atomic mass is 10.1. The molecule has 1 fully saturated rings. The SMILES string of the molecule is O=[N+]([O-])c1cc(CCC2(O)CC2)ccc1Cl. The first-order valence-electron chi connectivity index (χ1n) is 5.15. The van der Waals surface area contributed by atoms with Crippen LogP contribution in [-0.2, 0) is 6.42 Å². The molecule has 0 amide bonds. The van der Waals surface area contributed by atoms with Crippen molar-refractivity contribution in [3.8, 4) is 0 Å². The van der Waals surface area contributed by atoms with Crippen LogP contribution in [-0.4, -0.2) is 15.6 Å². The molecule has 1 aliphatic rings. The molecule has 0 atom stereocenters. The van der Waals surface area contributed by atoms with Crippen molar-refractivity contribution in [3.05, 3.63) is 38.9 Å². The standard InChI is InChI=1S/C11H12ClNO3/c12-9-2-1-8(7-10(9)13(15)16)3-4-11(14)5-6-11/h1-2,7,14H,3-6H2. The first kappa shape index (κ1) is 11.4. The number of rotatable bonds is 4. The second-order valence-corrected chi connectivity index (χ2v) is 4.67. The van der Waals surface area contributed by atoms with E-state index in [2.05, 4.69) is 0 Å². The van der Waals surface area contributed by atoms with E-state index in [4.69, 9.17) is 11.6 Å². The molecule has 5 heteroatoms. The van der Waals surface area contributed by atoms with Gasteiger partial charge in [-0.15, -0.1) is 0 Å². The molecular weight excluding hydrogens is 230 g/mol. The lowest BCUT2D eigenvalue weighted by Gasteiger charge is -2.07. The largest absolute Gasteiger partial charge is 0.390 e. The maximum Gasteiger partial charge on any atom is 0.288 e. The molecule has 1 aliphatic carbocycles. The average molecular weight is 242 g/mol. The molecule has 0 unspecified atom stereocenters. The van der Waals surface area contributed by atoms with Crippen molar-refractivity contribution in [1.29, 1.82) is 0 Å². The smallest absolute Gasteiger partial charge is 0.288 e. The summed E-state index contributed by atoms with van der Waals surface area (Å²) in [7, 11) is 0. The van der Waals surface area contributed by atoms with Crippen molar-refractivity contribution in [2.24, 2.45) is 0 Å². The van der Waals surface area contributed by atoms with E-state index in [1.165, 1.54) is 12.1 Å². The fourth-order valence-electron chi connectivity index (χ4n) is 1.62. The molecule has 0 heterocycles. The lowest BCUT2D eigenvalue weighted by Crippen LogP contribution is -2.07. The maximum atomic E-state index is 10.7. The number of halogens is 1. The Hall–Kier alpha value is -1.13. The first-order valence-corrected chi connectivity index (χ1v) is 5.53. The van der Waals surface area contributed by atoms with E-state index in [1.54, 1.807) is 6.07 Å². The molecule has 0 radical (unpaired) electrons. The van der Waals surface area contributed by atoms with Gasteiger partial charge in [0.15, 0.2) is 0 Å². The van der Waals surface area contributed by atoms with Crippen LogP contribution in [0.2, 0.25) is 5.02 Å². The highest BCUT2D eigenvalue weighted by Gasteiger charge is 2.39. The second kappa shape index (κ2) is 4.03. The van der Waals surface area contributed by atoms with E-state index in [-0.39, 0.29) is 10.7 Å². The topological polar surface area (TPSA) is 63.4 Å². The summed E-state index contributed by atoms with van der Waals surface area (Å²) in [5.74, 6) is 0. The maximum absolute atomic E-state index is 10.7. The highest BCUT2D eigenvalue weighted by Crippen LogP contribution is 2.39. The number of benzene rings is 1. The van der Waals surface area contributed by atoms with Gasteiger partial charge in [0.25, 0.3) is 5.69 Å². The van der Waals surface area contributed by atoms with Crippen LogP contribution in [0.25, 0.3) is 0 Å². The average Bonchev–Trinajstić information content (AvgIpc) is 2.96. The van der Waals surface area contributed by atoms with Crippen molar-refractivity contribution in [2.45, 2.75) is 31.3 Å². The van der Waals surface area contributed by atoms with Gasteiger partial charge in [-0.2, -0.15) is 0 Å². The molecule has 0 aliphatic heterocycles. The molecule has 0 saturated heterocycles. The summed E-state index contributed by atoms with van der Waals surface area (Å²) < 4.78 is 0. The van der Waals surface area contributed by atoms with Gasteiger partial charge in [0.1, 0.15) is 5.02 Å². The molecule has 0 aromatic heterocycles. The van der Waals surface area contributed by atoms with Gasteiger partial charge in [-0.1, -0.05) is 17.7 Å². The van der Waals surface area contributed by atoms with Crippen LogP contribution in [0, 0.1) is 10.1 Å². The minimum absolute atomic E-state index is 0.0676. The normalized spacial score (nSPS) is 17.1. The van der Waals surface area contributed by atoms with Gasteiger partial charge in [-0.05, 0) is 37.3 Å². The molecule has 16 heavy (non-hydrogen) atoms. The van der Waals surface area contributed by atoms with E-state index in [0.29, 0.717) is 12.8 Å². The Labute approximate surface area is 98.0 Å². The molecule has 1 aromatic rings. The highest BCUT2D eigenvalue weighted by atomic mass is 35.5. The van der Waals surface area contributed by atoms with Crippen LogP contribution in [0.3, 0.4) is 0 Å². The second-order valence-electron chi connectivity index (χ2n) is 4.27. The third-order valence-corrected chi connectivity index (χ3v) is 3.23. The molecule has 86 valence electrons. The minimum Gasteiger partial charge on any atom is -0.390 e. The van der Waals surface area contributed by atoms with Crippen molar-refractivity contribution in [3.63, 3.8) is 0 Å². The van der Waals surface area contributed by atoms with Gasteiger partial charge in [-0.3, -0.25) is 10.1 Å². The highest BCUT2D eigenvalue weighted by molar-refractivity contribution is 6.32. The molecule has 4 nitrogen and oxygen atoms in total. The van der Waals surface area contributed by atoms with Crippen LogP contribution in [0.5, 0.6) is 0 Å². The van der Waals surface area contributed by atoms with E-state index >= 15 is 0 Å². The Morgan fingerprint density at radius 2 is 2.19 bits per heavy atom. The number of hydrogen-bond acceptors (Lipinski definition) is 3. The predicted octanol–water partition coefficient (Wildman–Crippen LogP) is 2.71. The predicted molar refractivity (Wildman–Crippen MR) is 60.6 cm³/mol. The van der Waals surface area contributed by atoms with Crippen LogP contribution in [0.15, 0.2) is 18.2 Å². The number of hydrogen-bond donors (Lipinski definition) is 1. The molecule has 1 N–H and O–H groups in total. The van der Waals surface area contributed by atoms with Gasteiger partial charge in [0.05, 0.1) is 10.5 Å². The minimum atomic E-state index is -0.519. The van der Waals surface area contributed by atoms with Crippen LogP contribution < -0.4 is 0 Å². The van der Waals surface area contributed by atoms with E-state index in [0.717, 1.165) is 18.4 Å². The Morgan fingerprint density at radius 1 is 1.50 bits per heavy atom. The molecular formula is C11H12ClNO3. The summed E-state index contributed by atoms with van der Waals surface area (Å²) in [6, 6.07) is 4.78. The van der Waals surface area contributed by atoms with Crippen LogP contribution >= 0.6 is 11.6 Å². The molecule has 1 saturated carbocycles. The van der Waals surface area contributed by atoms with Crippen molar-refractivity contribution in [2.75, 3.05) is 0 Å². The molecule has 0 spiro atoms. The van der Waals surface area contributed by atoms with E-state index < -0.39 is 10.5 Å². The van der Waals surface area contributed by atoms with E-state index in [9.17, 15) is 15.2 Å². The Morgan fingerprint density at radius 3 is 2.75 bits per heavy atom. The summed E-state index contributed by atoms with van der Waals surface area (Å²) >= 11 is 5.70. The lowest BCUT2D eigenvalue weighted by molar-refractivity contribution is -0.384. The Bertz CT molecular complexity index is 429. The number of nitro benzene ring substituents is 1. The third-order valence-electron chi connectivity index (χ3n) is 2.91. The van der Waals surface area contributed by atoms with Gasteiger partial charge in [0.2, 0.25) is 0 Å². The third kappa shape index (κ3) is 2.51. The van der Waals surface area contributed by atoms with E-state index in [1.807, 2.05) is 0 Å².